The third-order valence-electron chi connectivity index (χ3n) is 2.02. The maximum absolute atomic E-state index is 11.4. The Morgan fingerprint density at radius 2 is 1.69 bits per heavy atom. The van der Waals surface area contributed by atoms with E-state index in [9.17, 15) is 9.59 Å². The van der Waals surface area contributed by atoms with Crippen LogP contribution in [-0.4, -0.2) is 31.4 Å². The van der Waals surface area contributed by atoms with E-state index >= 15 is 0 Å². The highest BCUT2D eigenvalue weighted by molar-refractivity contribution is 5.81. The van der Waals surface area contributed by atoms with Gasteiger partial charge in [0.1, 0.15) is 0 Å². The molecule has 16 heavy (non-hydrogen) atoms. The summed E-state index contributed by atoms with van der Waals surface area (Å²) in [6, 6.07) is 0. The van der Waals surface area contributed by atoms with Crippen LogP contribution in [0.2, 0.25) is 0 Å². The van der Waals surface area contributed by atoms with Gasteiger partial charge in [0.05, 0.1) is 0 Å². The Morgan fingerprint density at radius 3 is 2.19 bits per heavy atom. The van der Waals surface area contributed by atoms with Gasteiger partial charge in [-0.2, -0.15) is 0 Å². The predicted octanol–water partition coefficient (Wildman–Crippen LogP) is 0.00380. The Balaban J connectivity index is 3.54. The maximum Gasteiger partial charge on any atom is 0.225 e. The van der Waals surface area contributed by atoms with Gasteiger partial charge in [-0.05, 0) is 13.0 Å². The van der Waals surface area contributed by atoms with Gasteiger partial charge in [0.25, 0.3) is 0 Å². The number of hydrogen-bond acceptors (Lipinski definition) is 3. The first-order chi connectivity index (χ1) is 7.38. The van der Waals surface area contributed by atoms with E-state index in [0.717, 1.165) is 0 Å². The van der Waals surface area contributed by atoms with Gasteiger partial charge in [0.2, 0.25) is 11.8 Å². The van der Waals surface area contributed by atoms with Crippen LogP contribution in [-0.2, 0) is 9.59 Å². The van der Waals surface area contributed by atoms with Crippen molar-refractivity contribution in [3.8, 4) is 0 Å². The Kier molecular flexibility index (Phi) is 6.72. The van der Waals surface area contributed by atoms with E-state index in [0.29, 0.717) is 32.5 Å². The third kappa shape index (κ3) is 7.23. The summed E-state index contributed by atoms with van der Waals surface area (Å²) in [5.41, 5.74) is 4.90. The summed E-state index contributed by atoms with van der Waals surface area (Å²) in [6.45, 7) is 7.00. The predicted molar refractivity (Wildman–Crippen MR) is 63.8 cm³/mol. The van der Waals surface area contributed by atoms with Gasteiger partial charge in [-0.1, -0.05) is 20.8 Å². The summed E-state index contributed by atoms with van der Waals surface area (Å²) in [7, 11) is 0. The lowest BCUT2D eigenvalue weighted by Gasteiger charge is -2.17. The van der Waals surface area contributed by atoms with E-state index < -0.39 is 0 Å². The minimum atomic E-state index is -0.385. The zero-order valence-electron chi connectivity index (χ0n) is 10.4. The average molecular weight is 229 g/mol. The number of carbonyl (C=O) groups excluding carboxylic acids is 2. The molecule has 0 aliphatic heterocycles. The van der Waals surface area contributed by atoms with Crippen molar-refractivity contribution < 1.29 is 9.59 Å². The molecule has 0 aromatic carbocycles. The molecule has 0 saturated heterocycles. The molecule has 5 heteroatoms. The van der Waals surface area contributed by atoms with Crippen LogP contribution in [0.3, 0.4) is 0 Å². The molecule has 0 heterocycles. The molecular weight excluding hydrogens is 206 g/mol. The Morgan fingerprint density at radius 1 is 1.12 bits per heavy atom. The number of carbonyl (C=O) groups is 2. The molecule has 4 N–H and O–H groups in total. The first-order valence-corrected chi connectivity index (χ1v) is 5.63. The molecule has 0 aromatic heterocycles. The van der Waals surface area contributed by atoms with E-state index in [1.165, 1.54) is 0 Å². The van der Waals surface area contributed by atoms with Crippen molar-refractivity contribution in [2.24, 2.45) is 11.1 Å². The maximum atomic E-state index is 11.4. The summed E-state index contributed by atoms with van der Waals surface area (Å²) in [4.78, 5) is 22.6. The van der Waals surface area contributed by atoms with E-state index in [1.54, 1.807) is 0 Å². The van der Waals surface area contributed by atoms with Gasteiger partial charge >= 0.3 is 0 Å². The molecule has 0 aromatic rings. The fraction of sp³-hybridized carbons (Fsp3) is 0.818. The minimum Gasteiger partial charge on any atom is -0.354 e. The second-order valence-corrected chi connectivity index (χ2v) is 4.75. The van der Waals surface area contributed by atoms with Crippen molar-refractivity contribution in [2.45, 2.75) is 33.6 Å². The van der Waals surface area contributed by atoms with E-state index in [4.69, 9.17) is 5.73 Å². The van der Waals surface area contributed by atoms with Crippen LogP contribution in [0.15, 0.2) is 0 Å². The van der Waals surface area contributed by atoms with Gasteiger partial charge < -0.3 is 16.4 Å². The molecule has 0 unspecified atom stereocenters. The van der Waals surface area contributed by atoms with Gasteiger partial charge in [0.15, 0.2) is 0 Å². The monoisotopic (exact) mass is 229 g/mol. The summed E-state index contributed by atoms with van der Waals surface area (Å²) < 4.78 is 0. The highest BCUT2D eigenvalue weighted by atomic mass is 16.2. The molecule has 0 fully saturated rings. The Labute approximate surface area is 97.2 Å². The normalized spacial score (nSPS) is 11.0. The summed E-state index contributed by atoms with van der Waals surface area (Å²) in [5, 5.41) is 5.47. The van der Waals surface area contributed by atoms with E-state index in [1.807, 2.05) is 20.8 Å². The second kappa shape index (κ2) is 7.22. The highest BCUT2D eigenvalue weighted by Gasteiger charge is 2.20. The minimum absolute atomic E-state index is 0.0105. The van der Waals surface area contributed by atoms with Crippen molar-refractivity contribution in [1.29, 1.82) is 0 Å². The van der Waals surface area contributed by atoms with Crippen molar-refractivity contribution >= 4 is 11.8 Å². The molecule has 2 amide bonds. The fourth-order valence-corrected chi connectivity index (χ4v) is 0.994. The zero-order chi connectivity index (χ0) is 12.6. The molecule has 0 atom stereocenters. The second-order valence-electron chi connectivity index (χ2n) is 4.75. The lowest BCUT2D eigenvalue weighted by Crippen LogP contribution is -2.39. The van der Waals surface area contributed by atoms with Gasteiger partial charge in [-0.15, -0.1) is 0 Å². The number of amides is 2. The number of nitrogens with one attached hydrogen (secondary N) is 2. The van der Waals surface area contributed by atoms with Crippen LogP contribution >= 0.6 is 0 Å². The SMILES string of the molecule is CC(C)(C)C(=O)NCCNC(=O)CCCN. The fourth-order valence-electron chi connectivity index (χ4n) is 0.994. The Hall–Kier alpha value is -1.10. The van der Waals surface area contributed by atoms with Crippen molar-refractivity contribution in [1.82, 2.24) is 10.6 Å². The van der Waals surface area contributed by atoms with Crippen LogP contribution in [0.1, 0.15) is 33.6 Å². The molecule has 0 spiro atoms. The summed E-state index contributed by atoms with van der Waals surface area (Å²) >= 11 is 0. The highest BCUT2D eigenvalue weighted by Crippen LogP contribution is 2.11. The topological polar surface area (TPSA) is 84.2 Å². The molecule has 0 saturated carbocycles. The standard InChI is InChI=1S/C11H23N3O2/c1-11(2,3)10(16)14-8-7-13-9(15)5-4-6-12/h4-8,12H2,1-3H3,(H,13,15)(H,14,16). The van der Waals surface area contributed by atoms with Crippen LogP contribution in [0.5, 0.6) is 0 Å². The molecule has 0 aliphatic carbocycles. The Bertz CT molecular complexity index is 234. The third-order valence-corrected chi connectivity index (χ3v) is 2.02. The molecular formula is C11H23N3O2. The van der Waals surface area contributed by atoms with Crippen molar-refractivity contribution in [2.75, 3.05) is 19.6 Å². The molecule has 5 nitrogen and oxygen atoms in total. The first kappa shape index (κ1) is 14.9. The van der Waals surface area contributed by atoms with Gasteiger partial charge in [0, 0.05) is 24.9 Å². The first-order valence-electron chi connectivity index (χ1n) is 5.63. The van der Waals surface area contributed by atoms with Crippen LogP contribution in [0.4, 0.5) is 0 Å². The molecule has 0 bridgehead atoms. The number of nitrogens with two attached hydrogens (primary N) is 1. The lowest BCUT2D eigenvalue weighted by atomic mass is 9.96. The van der Waals surface area contributed by atoms with Gasteiger partial charge in [-0.3, -0.25) is 9.59 Å². The van der Waals surface area contributed by atoms with Crippen LogP contribution in [0.25, 0.3) is 0 Å². The molecule has 0 aliphatic rings. The van der Waals surface area contributed by atoms with Crippen LogP contribution in [0, 0.1) is 5.41 Å². The largest absolute Gasteiger partial charge is 0.354 e. The van der Waals surface area contributed by atoms with E-state index in [-0.39, 0.29) is 17.2 Å². The quantitative estimate of drug-likeness (QED) is 0.561. The van der Waals surface area contributed by atoms with Crippen molar-refractivity contribution in [3.05, 3.63) is 0 Å². The van der Waals surface area contributed by atoms with Gasteiger partial charge in [-0.25, -0.2) is 0 Å². The molecule has 0 rings (SSSR count). The zero-order valence-corrected chi connectivity index (χ0v) is 10.4. The molecule has 94 valence electrons. The van der Waals surface area contributed by atoms with E-state index in [2.05, 4.69) is 10.6 Å². The number of hydrogen-bond donors (Lipinski definition) is 3. The average Bonchev–Trinajstić information content (AvgIpc) is 2.19. The van der Waals surface area contributed by atoms with Crippen molar-refractivity contribution in [3.63, 3.8) is 0 Å². The molecule has 0 radical (unpaired) electrons. The van der Waals surface area contributed by atoms with Crippen LogP contribution < -0.4 is 16.4 Å². The lowest BCUT2D eigenvalue weighted by molar-refractivity contribution is -0.128. The summed E-state index contributed by atoms with van der Waals surface area (Å²) in [6.07, 6.45) is 1.14. The summed E-state index contributed by atoms with van der Waals surface area (Å²) in [5.74, 6) is -0.0286. The smallest absolute Gasteiger partial charge is 0.225 e. The number of rotatable bonds is 6.